The summed E-state index contributed by atoms with van der Waals surface area (Å²) < 4.78 is 0. The second-order valence-corrected chi connectivity index (χ2v) is 10.7. The standard InChI is InChI=1S/C39H35N3/c1-29-12-11-17-33(24-29)37-25-36(32-15-7-3-8-16-32)38(41-34-18-9-4-10-19-34)26-39(37)42-35-22-20-31(21-23-35)28-40-27-30-13-5-2-6-14-30/h2-11,13-26,28-29,41-42H,12,27H2,1H3/t29-/m0/s1. The molecule has 5 aromatic rings. The van der Waals surface area contributed by atoms with Crippen LogP contribution in [0.3, 0.4) is 0 Å². The molecule has 1 aliphatic rings. The molecule has 0 aromatic heterocycles. The van der Waals surface area contributed by atoms with Gasteiger partial charge < -0.3 is 10.6 Å². The van der Waals surface area contributed by atoms with E-state index in [1.165, 1.54) is 22.3 Å². The Balaban J connectivity index is 1.35. The molecular weight excluding hydrogens is 510 g/mol. The second-order valence-electron chi connectivity index (χ2n) is 10.7. The number of para-hydroxylation sites is 1. The number of nitrogens with zero attached hydrogens (tertiary/aromatic N) is 1. The quantitative estimate of drug-likeness (QED) is 0.181. The maximum atomic E-state index is 4.63. The maximum absolute atomic E-state index is 4.63. The lowest BCUT2D eigenvalue weighted by Crippen LogP contribution is -2.03. The monoisotopic (exact) mass is 545 g/mol. The van der Waals surface area contributed by atoms with Gasteiger partial charge in [0, 0.05) is 40.1 Å². The van der Waals surface area contributed by atoms with Crippen LogP contribution in [0.2, 0.25) is 0 Å². The molecule has 0 aliphatic heterocycles. The molecule has 3 heteroatoms. The Hall–Kier alpha value is -5.15. The fraction of sp³-hybridized carbons (Fsp3) is 0.103. The summed E-state index contributed by atoms with van der Waals surface area (Å²) in [6, 6.07) is 44.3. The van der Waals surface area contributed by atoms with Crippen molar-refractivity contribution in [2.75, 3.05) is 10.6 Å². The number of allylic oxidation sites excluding steroid dienone is 4. The lowest BCUT2D eigenvalue weighted by Gasteiger charge is -2.22. The van der Waals surface area contributed by atoms with Crippen LogP contribution < -0.4 is 10.6 Å². The number of aliphatic imine (C=N–C) groups is 1. The van der Waals surface area contributed by atoms with Crippen LogP contribution >= 0.6 is 0 Å². The van der Waals surface area contributed by atoms with E-state index in [2.05, 4.69) is 144 Å². The van der Waals surface area contributed by atoms with E-state index in [1.54, 1.807) is 0 Å². The normalized spacial score (nSPS) is 14.5. The van der Waals surface area contributed by atoms with Gasteiger partial charge in [0.25, 0.3) is 0 Å². The summed E-state index contributed by atoms with van der Waals surface area (Å²) in [7, 11) is 0. The molecule has 206 valence electrons. The predicted molar refractivity (Wildman–Crippen MR) is 180 cm³/mol. The summed E-state index contributed by atoms with van der Waals surface area (Å²) in [4.78, 5) is 4.63. The molecule has 0 saturated heterocycles. The van der Waals surface area contributed by atoms with Crippen LogP contribution in [0.1, 0.15) is 30.0 Å². The van der Waals surface area contributed by atoms with Gasteiger partial charge >= 0.3 is 0 Å². The smallest absolute Gasteiger partial charge is 0.0639 e. The molecule has 0 unspecified atom stereocenters. The highest BCUT2D eigenvalue weighted by Gasteiger charge is 2.16. The average Bonchev–Trinajstić information content (AvgIpc) is 3.03. The molecule has 0 amide bonds. The van der Waals surface area contributed by atoms with Crippen molar-refractivity contribution in [1.82, 2.24) is 0 Å². The predicted octanol–water partition coefficient (Wildman–Crippen LogP) is 10.4. The van der Waals surface area contributed by atoms with Crippen molar-refractivity contribution < 1.29 is 0 Å². The zero-order valence-corrected chi connectivity index (χ0v) is 23.9. The fourth-order valence-electron chi connectivity index (χ4n) is 5.25. The zero-order chi connectivity index (χ0) is 28.6. The molecule has 42 heavy (non-hydrogen) atoms. The van der Waals surface area contributed by atoms with Gasteiger partial charge in [0.15, 0.2) is 0 Å². The Bertz CT molecular complexity index is 1700. The lowest BCUT2D eigenvalue weighted by molar-refractivity contribution is 0.740. The zero-order valence-electron chi connectivity index (χ0n) is 23.9. The van der Waals surface area contributed by atoms with Crippen LogP contribution in [-0.2, 0) is 6.54 Å². The molecule has 2 N–H and O–H groups in total. The van der Waals surface area contributed by atoms with E-state index in [0.29, 0.717) is 12.5 Å². The Morgan fingerprint density at radius 2 is 1.31 bits per heavy atom. The Labute approximate surface area is 249 Å². The summed E-state index contributed by atoms with van der Waals surface area (Å²) in [6.45, 7) is 2.95. The minimum Gasteiger partial charge on any atom is -0.355 e. The highest BCUT2D eigenvalue weighted by molar-refractivity contribution is 5.93. The fourth-order valence-corrected chi connectivity index (χ4v) is 5.25. The van der Waals surface area contributed by atoms with Crippen molar-refractivity contribution in [3.63, 3.8) is 0 Å². The lowest BCUT2D eigenvalue weighted by atomic mass is 9.90. The van der Waals surface area contributed by atoms with Crippen LogP contribution in [0, 0.1) is 5.92 Å². The largest absolute Gasteiger partial charge is 0.355 e. The van der Waals surface area contributed by atoms with Crippen molar-refractivity contribution >= 4 is 34.5 Å². The van der Waals surface area contributed by atoms with Gasteiger partial charge in [-0.3, -0.25) is 4.99 Å². The number of anilines is 4. The minimum atomic E-state index is 0.495. The molecule has 0 radical (unpaired) electrons. The summed E-state index contributed by atoms with van der Waals surface area (Å²) in [6.07, 6.45) is 9.93. The summed E-state index contributed by atoms with van der Waals surface area (Å²) in [5.41, 5.74) is 11.2. The second kappa shape index (κ2) is 13.0. The molecule has 0 fully saturated rings. The van der Waals surface area contributed by atoms with Gasteiger partial charge in [0.2, 0.25) is 0 Å². The van der Waals surface area contributed by atoms with Crippen LogP contribution in [0.5, 0.6) is 0 Å². The highest BCUT2D eigenvalue weighted by atomic mass is 14.9. The first-order chi connectivity index (χ1) is 20.7. The number of rotatable bonds is 9. The number of nitrogens with one attached hydrogen (secondary N) is 2. The third-order valence-corrected chi connectivity index (χ3v) is 7.42. The number of benzene rings is 5. The van der Waals surface area contributed by atoms with E-state index in [9.17, 15) is 0 Å². The van der Waals surface area contributed by atoms with Crippen molar-refractivity contribution in [2.45, 2.75) is 19.9 Å². The topological polar surface area (TPSA) is 36.4 Å². The van der Waals surface area contributed by atoms with E-state index in [-0.39, 0.29) is 0 Å². The summed E-state index contributed by atoms with van der Waals surface area (Å²) in [5, 5.41) is 7.43. The van der Waals surface area contributed by atoms with E-state index in [4.69, 9.17) is 0 Å². The third-order valence-electron chi connectivity index (χ3n) is 7.42. The highest BCUT2D eigenvalue weighted by Crippen LogP contribution is 2.40. The van der Waals surface area contributed by atoms with Gasteiger partial charge in [0.1, 0.15) is 0 Å². The molecule has 3 nitrogen and oxygen atoms in total. The average molecular weight is 546 g/mol. The van der Waals surface area contributed by atoms with Crippen LogP contribution in [0.25, 0.3) is 16.7 Å². The number of hydrogen-bond donors (Lipinski definition) is 2. The van der Waals surface area contributed by atoms with Crippen molar-refractivity contribution in [3.05, 3.63) is 162 Å². The Morgan fingerprint density at radius 3 is 2.00 bits per heavy atom. The van der Waals surface area contributed by atoms with Gasteiger partial charge in [-0.25, -0.2) is 0 Å². The first kappa shape index (κ1) is 27.0. The first-order valence-corrected chi connectivity index (χ1v) is 14.6. The SMILES string of the molecule is C[C@@H]1C=C(c2cc(-c3ccccc3)c(Nc3ccccc3)cc2Nc2ccc(C=NCc3ccccc3)cc2)C=CC1. The van der Waals surface area contributed by atoms with Gasteiger partial charge in [-0.1, -0.05) is 116 Å². The molecule has 1 atom stereocenters. The Kier molecular flexibility index (Phi) is 8.38. The van der Waals surface area contributed by atoms with Gasteiger partial charge in [-0.15, -0.1) is 0 Å². The summed E-state index contributed by atoms with van der Waals surface area (Å²) >= 11 is 0. The van der Waals surface area contributed by atoms with Crippen LogP contribution in [0.15, 0.2) is 151 Å². The van der Waals surface area contributed by atoms with Gasteiger partial charge in [-0.2, -0.15) is 0 Å². The number of hydrogen-bond acceptors (Lipinski definition) is 3. The molecule has 0 heterocycles. The Morgan fingerprint density at radius 1 is 0.690 bits per heavy atom. The molecule has 0 spiro atoms. The molecule has 1 aliphatic carbocycles. The molecule has 6 rings (SSSR count). The minimum absolute atomic E-state index is 0.495. The molecule has 5 aromatic carbocycles. The van der Waals surface area contributed by atoms with E-state index in [0.717, 1.165) is 40.3 Å². The van der Waals surface area contributed by atoms with Crippen molar-refractivity contribution in [3.8, 4) is 11.1 Å². The first-order valence-electron chi connectivity index (χ1n) is 14.6. The maximum Gasteiger partial charge on any atom is 0.0639 e. The van der Waals surface area contributed by atoms with Crippen LogP contribution in [0.4, 0.5) is 22.7 Å². The van der Waals surface area contributed by atoms with E-state index >= 15 is 0 Å². The van der Waals surface area contributed by atoms with E-state index < -0.39 is 0 Å². The third kappa shape index (κ3) is 6.76. The van der Waals surface area contributed by atoms with Gasteiger partial charge in [0.05, 0.1) is 6.54 Å². The molecule has 0 saturated carbocycles. The van der Waals surface area contributed by atoms with E-state index in [1.807, 2.05) is 30.5 Å². The molecular formula is C39H35N3. The van der Waals surface area contributed by atoms with Crippen molar-refractivity contribution in [1.29, 1.82) is 0 Å². The van der Waals surface area contributed by atoms with Crippen molar-refractivity contribution in [2.24, 2.45) is 10.9 Å². The van der Waals surface area contributed by atoms with Gasteiger partial charge in [-0.05, 0) is 71.0 Å². The summed E-state index contributed by atoms with van der Waals surface area (Å²) in [5.74, 6) is 0.495. The van der Waals surface area contributed by atoms with Crippen LogP contribution in [-0.4, -0.2) is 6.21 Å². The molecule has 0 bridgehead atoms.